The number of aryl methyl sites for hydroxylation is 2. The van der Waals surface area contributed by atoms with E-state index < -0.39 is 23.9 Å². The number of fused-ring (bicyclic) bond motifs is 2. The summed E-state index contributed by atoms with van der Waals surface area (Å²) in [5, 5.41) is 6.49. The zero-order chi connectivity index (χ0) is 27.2. The van der Waals surface area contributed by atoms with Crippen LogP contribution < -0.4 is 21.3 Å². The quantitative estimate of drug-likeness (QED) is 0.414. The molecule has 3 aromatic rings. The number of nitrogens with two attached hydrogens (primary N) is 1. The molecule has 1 amide bonds. The minimum absolute atomic E-state index is 0.0562. The molecule has 0 bridgehead atoms. The molecule has 1 saturated heterocycles. The highest BCUT2D eigenvalue weighted by molar-refractivity contribution is 7.21. The van der Waals surface area contributed by atoms with Gasteiger partial charge in [0.15, 0.2) is 0 Å². The summed E-state index contributed by atoms with van der Waals surface area (Å²) < 4.78 is 47.8. The highest BCUT2D eigenvalue weighted by Crippen LogP contribution is 2.36. The molecule has 3 atom stereocenters. The molecule has 0 aromatic carbocycles. The molecule has 38 heavy (non-hydrogen) atoms. The summed E-state index contributed by atoms with van der Waals surface area (Å²) in [6.07, 6.45) is -1.31. The number of pyridine rings is 2. The Kier molecular flexibility index (Phi) is 7.23. The van der Waals surface area contributed by atoms with Gasteiger partial charge in [-0.25, -0.2) is 14.4 Å². The van der Waals surface area contributed by atoms with Crippen molar-refractivity contribution in [3.05, 3.63) is 45.8 Å². The van der Waals surface area contributed by atoms with Crippen LogP contribution in [0.5, 0.6) is 0 Å². The Morgan fingerprint density at radius 3 is 2.84 bits per heavy atom. The third-order valence-corrected chi connectivity index (χ3v) is 8.54. The number of nitrogens with zero attached hydrogens (tertiary/aromatic N) is 3. The van der Waals surface area contributed by atoms with Crippen molar-refractivity contribution < 1.29 is 22.7 Å². The van der Waals surface area contributed by atoms with Gasteiger partial charge in [-0.05, 0) is 57.9 Å². The highest BCUT2D eigenvalue weighted by atomic mass is 32.1. The van der Waals surface area contributed by atoms with Crippen LogP contribution in [0.4, 0.5) is 24.7 Å². The first kappa shape index (κ1) is 26.6. The molecule has 1 aliphatic heterocycles. The number of likely N-dealkylation sites (N-methyl/N-ethyl adjacent to an activating group) is 1. The number of rotatable bonds is 7. The van der Waals surface area contributed by atoms with Gasteiger partial charge in [-0.15, -0.1) is 11.3 Å². The number of aromatic nitrogens is 2. The average molecular weight is 549 g/mol. The smallest absolute Gasteiger partial charge is 0.361 e. The number of nitrogens with one attached hydrogen (secondary N) is 2. The lowest BCUT2D eigenvalue weighted by atomic mass is 9.91. The number of halogens is 3. The molecule has 3 aromatic heterocycles. The van der Waals surface area contributed by atoms with Crippen molar-refractivity contribution in [3.63, 3.8) is 0 Å². The van der Waals surface area contributed by atoms with Crippen LogP contribution in [0.25, 0.3) is 10.2 Å². The van der Waals surface area contributed by atoms with E-state index in [0.717, 1.165) is 22.6 Å². The van der Waals surface area contributed by atoms with Crippen LogP contribution >= 0.6 is 11.3 Å². The second-order valence-electron chi connectivity index (χ2n) is 9.84. The number of hydrogen-bond acceptors (Lipinski definition) is 8. The normalized spacial score (nSPS) is 21.6. The largest absolute Gasteiger partial charge is 0.397 e. The Balaban J connectivity index is 1.27. The van der Waals surface area contributed by atoms with E-state index in [1.54, 1.807) is 20.9 Å². The summed E-state index contributed by atoms with van der Waals surface area (Å²) >= 11 is 1.15. The van der Waals surface area contributed by atoms with Crippen LogP contribution in [0.1, 0.15) is 40.0 Å². The molecule has 0 saturated carbocycles. The maximum Gasteiger partial charge on any atom is 0.361 e. The Morgan fingerprint density at radius 1 is 1.32 bits per heavy atom. The van der Waals surface area contributed by atoms with Crippen LogP contribution in [0.2, 0.25) is 0 Å². The predicted octanol–water partition coefficient (Wildman–Crippen LogP) is 3.66. The van der Waals surface area contributed by atoms with Gasteiger partial charge >= 0.3 is 6.11 Å². The van der Waals surface area contributed by atoms with Gasteiger partial charge in [-0.3, -0.25) is 4.79 Å². The standard InChI is InChI=1S/C26H31F3N6O2S/c1-4-37-26(28,29)17-11-35(12-20(17)31-3)21-8-5-14-9-15(6-7-19(14)34-21)33-24(36)23-22(30)16-10-18(27)13(2)32-25(16)38-23/h5,8,10,15,17,20,31H,4,6-7,9,11-12,30H2,1-3H3,(H,33,36). The molecule has 3 unspecified atom stereocenters. The fraction of sp³-hybridized carbons (Fsp3) is 0.500. The SMILES string of the molecule is CCOC(F)(F)C1CN(c2ccc3c(n2)CCC(NC(=O)c2sc4nc(C)c(F)cc4c2N)C3)CC1NC. The molecule has 0 radical (unpaired) electrons. The molecule has 5 rings (SSSR count). The summed E-state index contributed by atoms with van der Waals surface area (Å²) in [6, 6.07) is 4.59. The lowest BCUT2D eigenvalue weighted by molar-refractivity contribution is -0.268. The van der Waals surface area contributed by atoms with Gasteiger partial charge in [-0.2, -0.15) is 8.78 Å². The topological polar surface area (TPSA) is 105 Å². The molecular weight excluding hydrogens is 517 g/mol. The summed E-state index contributed by atoms with van der Waals surface area (Å²) in [7, 11) is 1.68. The monoisotopic (exact) mass is 548 g/mol. The molecule has 8 nitrogen and oxygen atoms in total. The zero-order valence-electron chi connectivity index (χ0n) is 21.5. The van der Waals surface area contributed by atoms with Crippen molar-refractivity contribution in [2.45, 2.75) is 51.3 Å². The first-order chi connectivity index (χ1) is 18.1. The van der Waals surface area contributed by atoms with Crippen LogP contribution in [0.15, 0.2) is 18.2 Å². The van der Waals surface area contributed by atoms with E-state index in [2.05, 4.69) is 15.6 Å². The molecule has 2 aliphatic rings. The van der Waals surface area contributed by atoms with Gasteiger partial charge < -0.3 is 26.0 Å². The van der Waals surface area contributed by atoms with Crippen molar-refractivity contribution in [1.82, 2.24) is 20.6 Å². The molecular formula is C26H31F3N6O2S. The van der Waals surface area contributed by atoms with E-state index in [4.69, 9.17) is 15.5 Å². The number of thiophene rings is 1. The third-order valence-electron chi connectivity index (χ3n) is 7.42. The van der Waals surface area contributed by atoms with Gasteiger partial charge in [0, 0.05) is 36.3 Å². The molecule has 4 N–H and O–H groups in total. The fourth-order valence-electron chi connectivity index (χ4n) is 5.35. The van der Waals surface area contributed by atoms with Gasteiger partial charge in [-0.1, -0.05) is 6.07 Å². The van der Waals surface area contributed by atoms with Gasteiger partial charge in [0.25, 0.3) is 5.91 Å². The second kappa shape index (κ2) is 10.3. The van der Waals surface area contributed by atoms with Crippen LogP contribution in [-0.4, -0.2) is 60.8 Å². The lowest BCUT2D eigenvalue weighted by Crippen LogP contribution is -2.44. The predicted molar refractivity (Wildman–Crippen MR) is 141 cm³/mol. The minimum atomic E-state index is -3.22. The number of nitrogen functional groups attached to an aromatic ring is 1. The van der Waals surface area contributed by atoms with Gasteiger partial charge in [0.1, 0.15) is 21.3 Å². The fourth-order valence-corrected chi connectivity index (χ4v) is 6.37. The number of amides is 1. The van der Waals surface area contributed by atoms with E-state index >= 15 is 0 Å². The van der Waals surface area contributed by atoms with E-state index in [0.29, 0.717) is 46.7 Å². The van der Waals surface area contributed by atoms with Gasteiger partial charge in [0.2, 0.25) is 0 Å². The maximum absolute atomic E-state index is 14.5. The third kappa shape index (κ3) is 4.92. The molecule has 204 valence electrons. The molecule has 0 spiro atoms. The first-order valence-corrected chi connectivity index (χ1v) is 13.5. The number of carbonyl (C=O) groups excluding carboxylic acids is 1. The molecule has 1 aliphatic carbocycles. The summed E-state index contributed by atoms with van der Waals surface area (Å²) in [4.78, 5) is 24.8. The highest BCUT2D eigenvalue weighted by Gasteiger charge is 2.50. The molecule has 1 fully saturated rings. The summed E-state index contributed by atoms with van der Waals surface area (Å²) in [6.45, 7) is 3.62. The summed E-state index contributed by atoms with van der Waals surface area (Å²) in [5.74, 6) is -1.09. The number of anilines is 2. The van der Waals surface area contributed by atoms with E-state index in [1.807, 2.05) is 17.0 Å². The van der Waals surface area contributed by atoms with Crippen LogP contribution in [-0.2, 0) is 17.6 Å². The first-order valence-electron chi connectivity index (χ1n) is 12.7. The second-order valence-corrected chi connectivity index (χ2v) is 10.8. The van der Waals surface area contributed by atoms with Gasteiger partial charge in [0.05, 0.1) is 23.9 Å². The Labute approximate surface area is 222 Å². The van der Waals surface area contributed by atoms with Crippen molar-refractivity contribution in [2.24, 2.45) is 5.92 Å². The van der Waals surface area contributed by atoms with Crippen molar-refractivity contribution in [2.75, 3.05) is 37.4 Å². The number of alkyl halides is 2. The number of hydrogen-bond donors (Lipinski definition) is 3. The van der Waals surface area contributed by atoms with E-state index in [1.165, 1.54) is 6.07 Å². The van der Waals surface area contributed by atoms with Crippen LogP contribution in [0.3, 0.4) is 0 Å². The average Bonchev–Trinajstić information content (AvgIpc) is 3.46. The lowest BCUT2D eigenvalue weighted by Gasteiger charge is -2.27. The van der Waals surface area contributed by atoms with E-state index in [9.17, 15) is 18.0 Å². The number of ether oxygens (including phenoxy) is 1. The molecule has 12 heteroatoms. The Bertz CT molecular complexity index is 1370. The Hall–Kier alpha value is -2.96. The minimum Gasteiger partial charge on any atom is -0.397 e. The zero-order valence-corrected chi connectivity index (χ0v) is 22.3. The number of carbonyl (C=O) groups is 1. The molecule has 4 heterocycles. The maximum atomic E-state index is 14.5. The van der Waals surface area contributed by atoms with Crippen molar-refractivity contribution in [1.29, 1.82) is 0 Å². The Morgan fingerprint density at radius 2 is 2.11 bits per heavy atom. The van der Waals surface area contributed by atoms with Crippen molar-refractivity contribution in [3.8, 4) is 0 Å². The van der Waals surface area contributed by atoms with Crippen molar-refractivity contribution >= 4 is 39.0 Å². The summed E-state index contributed by atoms with van der Waals surface area (Å²) in [5.41, 5.74) is 8.57. The van der Waals surface area contributed by atoms with E-state index in [-0.39, 0.29) is 36.5 Å². The van der Waals surface area contributed by atoms with Crippen LogP contribution in [0, 0.1) is 18.7 Å².